The molecule has 6 nitrogen and oxygen atoms in total. The monoisotopic (exact) mass is 735 g/mol. The van der Waals surface area contributed by atoms with E-state index >= 15 is 0 Å². The fraction of sp³-hybridized carbons (Fsp3) is 0. The molecule has 0 spiro atoms. The number of benzene rings is 7. The Bertz CT molecular complexity index is 3230. The van der Waals surface area contributed by atoms with Crippen molar-refractivity contribution < 1.29 is 4.42 Å². The molecular formula is C49H29N5OS. The average molecular weight is 736 g/mol. The van der Waals surface area contributed by atoms with Crippen LogP contribution in [-0.2, 0) is 0 Å². The second kappa shape index (κ2) is 13.2. The highest BCUT2D eigenvalue weighted by Gasteiger charge is 2.21. The number of furan rings is 1. The molecule has 11 aromatic rings. The van der Waals surface area contributed by atoms with Gasteiger partial charge in [0.25, 0.3) is 0 Å². The van der Waals surface area contributed by atoms with Crippen LogP contribution < -0.4 is 0 Å². The molecule has 7 aromatic carbocycles. The highest BCUT2D eigenvalue weighted by molar-refractivity contribution is 7.26. The number of thiophene rings is 1. The minimum absolute atomic E-state index is 0.619. The summed E-state index contributed by atoms with van der Waals surface area (Å²) >= 11 is 1.74. The smallest absolute Gasteiger partial charge is 0.180 e. The van der Waals surface area contributed by atoms with E-state index in [1.54, 1.807) is 11.3 Å². The number of hydrogen-bond acceptors (Lipinski definition) is 7. The van der Waals surface area contributed by atoms with Crippen LogP contribution in [0.3, 0.4) is 0 Å². The third-order valence-electron chi connectivity index (χ3n) is 10.2. The van der Waals surface area contributed by atoms with Gasteiger partial charge in [0.05, 0.1) is 0 Å². The molecule has 0 saturated heterocycles. The number of para-hydroxylation sites is 1. The van der Waals surface area contributed by atoms with Crippen LogP contribution in [0.15, 0.2) is 180 Å². The van der Waals surface area contributed by atoms with Crippen molar-refractivity contribution in [1.82, 2.24) is 24.9 Å². The van der Waals surface area contributed by atoms with Crippen LogP contribution in [0.25, 0.3) is 110 Å². The Labute approximate surface area is 325 Å². The van der Waals surface area contributed by atoms with E-state index in [1.807, 2.05) is 72.8 Å². The molecular weight excluding hydrogens is 707 g/mol. The molecule has 0 aliphatic rings. The molecule has 0 bridgehead atoms. The quantitative estimate of drug-likeness (QED) is 0.169. The molecule has 0 aliphatic carbocycles. The molecule has 0 aliphatic heterocycles. The number of fused-ring (bicyclic) bond motifs is 6. The standard InChI is InChI=1S/C49H29N5OS/c1-4-13-30(14-5-1)31-23-25-34(26-24-31)47-52-46(33-17-8-3-9-18-33)53-48(54-47)35-27-28-37-41(29-35)56-40-22-12-20-38(42(37)40)49-50-43(32-15-6-2-7-16-32)45-44(51-49)36-19-10-11-21-39(36)55-45/h1-29H. The minimum atomic E-state index is 0.619. The van der Waals surface area contributed by atoms with Crippen LogP contribution in [0.1, 0.15) is 0 Å². The van der Waals surface area contributed by atoms with Gasteiger partial charge in [-0.1, -0.05) is 152 Å². The fourth-order valence-corrected chi connectivity index (χ4v) is 8.62. The van der Waals surface area contributed by atoms with E-state index in [-0.39, 0.29) is 0 Å². The fourth-order valence-electron chi connectivity index (χ4n) is 7.45. The largest absolute Gasteiger partial charge is 0.452 e. The zero-order valence-electron chi connectivity index (χ0n) is 29.8. The molecule has 4 heterocycles. The molecule has 7 heteroatoms. The van der Waals surface area contributed by atoms with Crippen molar-refractivity contribution in [3.8, 4) is 67.9 Å². The predicted octanol–water partition coefficient (Wildman–Crippen LogP) is 12.9. The molecule has 0 fully saturated rings. The number of aromatic nitrogens is 5. The zero-order chi connectivity index (χ0) is 37.0. The summed E-state index contributed by atoms with van der Waals surface area (Å²) in [5.41, 5.74) is 10.1. The predicted molar refractivity (Wildman–Crippen MR) is 228 cm³/mol. The number of rotatable bonds is 6. The summed E-state index contributed by atoms with van der Waals surface area (Å²) in [6.45, 7) is 0. The van der Waals surface area contributed by atoms with E-state index in [0.29, 0.717) is 28.9 Å². The Kier molecular flexibility index (Phi) is 7.57. The summed E-state index contributed by atoms with van der Waals surface area (Å²) in [5, 5.41) is 3.21. The lowest BCUT2D eigenvalue weighted by atomic mass is 10.0. The maximum Gasteiger partial charge on any atom is 0.180 e. The highest BCUT2D eigenvalue weighted by Crippen LogP contribution is 2.42. The lowest BCUT2D eigenvalue weighted by Crippen LogP contribution is -2.00. The van der Waals surface area contributed by atoms with Gasteiger partial charge >= 0.3 is 0 Å². The van der Waals surface area contributed by atoms with Crippen LogP contribution in [0.5, 0.6) is 0 Å². The van der Waals surface area contributed by atoms with Crippen molar-refractivity contribution in [1.29, 1.82) is 0 Å². The Morgan fingerprint density at radius 2 is 0.946 bits per heavy atom. The lowest BCUT2D eigenvalue weighted by Gasteiger charge is -2.09. The topological polar surface area (TPSA) is 77.6 Å². The van der Waals surface area contributed by atoms with Gasteiger partial charge in [0.1, 0.15) is 16.8 Å². The summed E-state index contributed by atoms with van der Waals surface area (Å²) in [5.74, 6) is 2.53. The first-order valence-electron chi connectivity index (χ1n) is 18.4. The van der Waals surface area contributed by atoms with Crippen LogP contribution >= 0.6 is 11.3 Å². The first-order chi connectivity index (χ1) is 27.7. The molecule has 0 radical (unpaired) electrons. The summed E-state index contributed by atoms with van der Waals surface area (Å²) < 4.78 is 8.66. The first kappa shape index (κ1) is 32.1. The van der Waals surface area contributed by atoms with Gasteiger partial charge in [-0.15, -0.1) is 11.3 Å². The third kappa shape index (κ3) is 5.52. The van der Waals surface area contributed by atoms with Crippen molar-refractivity contribution in [2.45, 2.75) is 0 Å². The molecule has 56 heavy (non-hydrogen) atoms. The van der Waals surface area contributed by atoms with E-state index in [4.69, 9.17) is 29.3 Å². The maximum atomic E-state index is 6.38. The van der Waals surface area contributed by atoms with Gasteiger partial charge in [-0.05, 0) is 35.4 Å². The summed E-state index contributed by atoms with van der Waals surface area (Å²) in [7, 11) is 0. The lowest BCUT2D eigenvalue weighted by molar-refractivity contribution is 0.667. The Balaban J connectivity index is 1.05. The Hall–Kier alpha value is -7.35. The van der Waals surface area contributed by atoms with Gasteiger partial charge in [0.2, 0.25) is 0 Å². The van der Waals surface area contributed by atoms with Crippen LogP contribution in [0.4, 0.5) is 0 Å². The van der Waals surface area contributed by atoms with Gasteiger partial charge in [-0.25, -0.2) is 24.9 Å². The zero-order valence-corrected chi connectivity index (χ0v) is 30.6. The van der Waals surface area contributed by atoms with E-state index in [2.05, 4.69) is 103 Å². The second-order valence-electron chi connectivity index (χ2n) is 13.6. The summed E-state index contributed by atoms with van der Waals surface area (Å²) in [6, 6.07) is 60.0. The number of hydrogen-bond donors (Lipinski definition) is 0. The highest BCUT2D eigenvalue weighted by atomic mass is 32.1. The van der Waals surface area contributed by atoms with Crippen LogP contribution in [0, 0.1) is 0 Å². The molecule has 11 rings (SSSR count). The van der Waals surface area contributed by atoms with E-state index in [9.17, 15) is 0 Å². The van der Waals surface area contributed by atoms with Crippen LogP contribution in [0.2, 0.25) is 0 Å². The van der Waals surface area contributed by atoms with Gasteiger partial charge in [-0.2, -0.15) is 0 Å². The van der Waals surface area contributed by atoms with Crippen LogP contribution in [-0.4, -0.2) is 24.9 Å². The van der Waals surface area contributed by atoms with Gasteiger partial charge in [0.15, 0.2) is 28.9 Å². The van der Waals surface area contributed by atoms with Crippen molar-refractivity contribution in [2.75, 3.05) is 0 Å². The second-order valence-corrected chi connectivity index (χ2v) is 14.7. The molecule has 262 valence electrons. The van der Waals surface area contributed by atoms with Gasteiger partial charge in [-0.3, -0.25) is 0 Å². The van der Waals surface area contributed by atoms with Gasteiger partial charge < -0.3 is 4.42 Å². The first-order valence-corrected chi connectivity index (χ1v) is 19.2. The SMILES string of the molecule is c1ccc(-c2ccc(-c3nc(-c4ccccc4)nc(-c4ccc5c(c4)sc4cccc(-c6nc(-c7ccccc7)c7oc8ccccc8c7n6)c45)n3)cc2)cc1. The Morgan fingerprint density at radius 1 is 0.375 bits per heavy atom. The third-order valence-corrected chi connectivity index (χ3v) is 11.3. The average Bonchev–Trinajstić information content (AvgIpc) is 3.85. The van der Waals surface area contributed by atoms with Crippen molar-refractivity contribution in [3.63, 3.8) is 0 Å². The molecule has 0 N–H and O–H groups in total. The van der Waals surface area contributed by atoms with Crippen molar-refractivity contribution >= 4 is 53.6 Å². The minimum Gasteiger partial charge on any atom is -0.452 e. The van der Waals surface area contributed by atoms with Gasteiger partial charge in [0, 0.05) is 53.4 Å². The van der Waals surface area contributed by atoms with E-state index in [1.165, 1.54) is 5.56 Å². The van der Waals surface area contributed by atoms with Crippen molar-refractivity contribution in [2.24, 2.45) is 0 Å². The molecule has 4 aromatic heterocycles. The Morgan fingerprint density at radius 3 is 1.68 bits per heavy atom. The normalized spacial score (nSPS) is 11.6. The summed E-state index contributed by atoms with van der Waals surface area (Å²) in [6.07, 6.45) is 0. The van der Waals surface area contributed by atoms with E-state index in [0.717, 1.165) is 75.7 Å². The molecule has 0 unspecified atom stereocenters. The van der Waals surface area contributed by atoms with Crippen molar-refractivity contribution in [3.05, 3.63) is 176 Å². The van der Waals surface area contributed by atoms with E-state index < -0.39 is 0 Å². The maximum absolute atomic E-state index is 6.38. The number of nitrogens with zero attached hydrogens (tertiary/aromatic N) is 5. The molecule has 0 amide bonds. The summed E-state index contributed by atoms with van der Waals surface area (Å²) in [4.78, 5) is 25.5. The molecule has 0 saturated carbocycles. The molecule has 0 atom stereocenters.